The molecule has 0 aromatic carbocycles. The van der Waals surface area contributed by atoms with E-state index >= 15 is 0 Å². The molecule has 0 aliphatic carbocycles. The number of H-pyrrole nitrogens is 1. The maximum atomic E-state index is 3.15. The molecule has 0 unspecified atom stereocenters. The minimum atomic E-state index is 0. The van der Waals surface area contributed by atoms with Crippen LogP contribution in [-0.2, 0) is 0 Å². The summed E-state index contributed by atoms with van der Waals surface area (Å²) >= 11 is 0. The second-order valence-electron chi connectivity index (χ2n) is 2.77. The third kappa shape index (κ3) is 3.26. The zero-order valence-corrected chi connectivity index (χ0v) is 8.23. The third-order valence-electron chi connectivity index (χ3n) is 1.52. The number of aromatic amines is 1. The summed E-state index contributed by atoms with van der Waals surface area (Å²) in [7, 11) is 0. The first kappa shape index (κ1) is 10.3. The van der Waals surface area contributed by atoms with Crippen molar-refractivity contribution >= 4 is 0 Å². The van der Waals surface area contributed by atoms with Crippen LogP contribution >= 0.6 is 0 Å². The van der Waals surface area contributed by atoms with E-state index in [1.807, 2.05) is 13.8 Å². The maximum Gasteiger partial charge on any atom is 0.0118 e. The Balaban J connectivity index is 0. The van der Waals surface area contributed by atoms with E-state index in [1.54, 1.807) is 0 Å². The van der Waals surface area contributed by atoms with Gasteiger partial charge in [-0.25, -0.2) is 0 Å². The smallest absolute Gasteiger partial charge is 0.0118 e. The Labute approximate surface area is 71.3 Å². The average Bonchev–Trinajstić information content (AvgIpc) is 2.40. The number of hydrogen-bond acceptors (Lipinski definition) is 0. The highest BCUT2D eigenvalue weighted by molar-refractivity contribution is 5.18. The highest BCUT2D eigenvalue weighted by atomic mass is 14.7. The lowest BCUT2D eigenvalue weighted by Gasteiger charge is -1.96. The summed E-state index contributed by atoms with van der Waals surface area (Å²) in [5.74, 6) is 0.648. The Kier molecular flexibility index (Phi) is 4.67. The van der Waals surface area contributed by atoms with Gasteiger partial charge in [0.1, 0.15) is 0 Å². The van der Waals surface area contributed by atoms with Gasteiger partial charge in [-0.15, -0.1) is 0 Å². The summed E-state index contributed by atoms with van der Waals surface area (Å²) in [4.78, 5) is 3.15. The Morgan fingerprint density at radius 1 is 1.36 bits per heavy atom. The number of rotatable bonds is 1. The first-order valence-corrected chi connectivity index (χ1v) is 4.35. The molecule has 0 saturated carbocycles. The summed E-state index contributed by atoms with van der Waals surface area (Å²) in [5, 5.41) is 0. The van der Waals surface area contributed by atoms with Crippen molar-refractivity contribution in [2.24, 2.45) is 0 Å². The maximum absolute atomic E-state index is 3.15. The molecule has 66 valence electrons. The molecule has 0 amide bonds. The Morgan fingerprint density at radius 3 is 2.09 bits per heavy atom. The molecule has 1 nitrogen and oxygen atoms in total. The van der Waals surface area contributed by atoms with Crippen molar-refractivity contribution in [2.75, 3.05) is 0 Å². The molecule has 1 aromatic heterocycles. The molecule has 0 radical (unpaired) electrons. The van der Waals surface area contributed by atoms with Crippen LogP contribution in [0.2, 0.25) is 0 Å². The van der Waals surface area contributed by atoms with Crippen molar-refractivity contribution in [3.63, 3.8) is 0 Å². The molecule has 0 aliphatic heterocycles. The lowest BCUT2D eigenvalue weighted by molar-refractivity contribution is 0.868. The van der Waals surface area contributed by atoms with E-state index in [9.17, 15) is 0 Å². The van der Waals surface area contributed by atoms with E-state index < -0.39 is 0 Å². The summed E-state index contributed by atoms with van der Waals surface area (Å²) < 4.78 is 0. The fraction of sp³-hybridized carbons (Fsp3) is 0.600. The molecule has 1 rings (SSSR count). The van der Waals surface area contributed by atoms with E-state index in [-0.39, 0.29) is 1.43 Å². The molecule has 0 fully saturated rings. The van der Waals surface area contributed by atoms with Crippen molar-refractivity contribution in [3.8, 4) is 0 Å². The van der Waals surface area contributed by atoms with E-state index in [0.29, 0.717) is 5.92 Å². The van der Waals surface area contributed by atoms with Crippen LogP contribution in [0.25, 0.3) is 0 Å². The molecule has 0 aliphatic rings. The SMILES string of the molecule is CC.Cc1cc(C(C)C)c[nH]1.[HH]. The van der Waals surface area contributed by atoms with Gasteiger partial charge >= 0.3 is 0 Å². The molecular weight excluding hydrogens is 134 g/mol. The fourth-order valence-corrected chi connectivity index (χ4v) is 0.864. The van der Waals surface area contributed by atoms with Gasteiger partial charge in [0.05, 0.1) is 0 Å². The van der Waals surface area contributed by atoms with Crippen LogP contribution < -0.4 is 0 Å². The molecule has 11 heavy (non-hydrogen) atoms. The van der Waals surface area contributed by atoms with E-state index in [4.69, 9.17) is 0 Å². The fourth-order valence-electron chi connectivity index (χ4n) is 0.864. The predicted molar refractivity (Wildman–Crippen MR) is 53.1 cm³/mol. The first-order valence-electron chi connectivity index (χ1n) is 4.35. The standard InChI is InChI=1S/C8H13N.C2H6.H2/c1-6(2)8-4-7(3)9-5-8;1-2;/h4-6,9H,1-3H3;1-2H3;1H. The van der Waals surface area contributed by atoms with Gasteiger partial charge in [-0.2, -0.15) is 0 Å². The summed E-state index contributed by atoms with van der Waals surface area (Å²) in [6.07, 6.45) is 2.07. The van der Waals surface area contributed by atoms with Crippen LogP contribution in [0.4, 0.5) is 0 Å². The molecule has 1 heterocycles. The zero-order chi connectivity index (χ0) is 8.85. The second-order valence-corrected chi connectivity index (χ2v) is 2.77. The van der Waals surface area contributed by atoms with Crippen LogP contribution in [0.3, 0.4) is 0 Å². The molecule has 1 aromatic rings. The number of aromatic nitrogens is 1. The average molecular weight is 155 g/mol. The highest BCUT2D eigenvalue weighted by Gasteiger charge is 1.98. The van der Waals surface area contributed by atoms with Gasteiger partial charge in [-0.05, 0) is 24.5 Å². The predicted octanol–water partition coefficient (Wildman–Crippen LogP) is 3.72. The summed E-state index contributed by atoms with van der Waals surface area (Å²) in [5.41, 5.74) is 2.64. The number of nitrogens with one attached hydrogen (secondary N) is 1. The van der Waals surface area contributed by atoms with Gasteiger partial charge in [0.25, 0.3) is 0 Å². The Morgan fingerprint density at radius 2 is 1.91 bits per heavy atom. The van der Waals surface area contributed by atoms with Gasteiger partial charge in [0.2, 0.25) is 0 Å². The van der Waals surface area contributed by atoms with Gasteiger partial charge < -0.3 is 4.98 Å². The quantitative estimate of drug-likeness (QED) is 0.636. The first-order chi connectivity index (χ1) is 5.20. The van der Waals surface area contributed by atoms with Crippen molar-refractivity contribution in [1.82, 2.24) is 4.98 Å². The molecular formula is C10H21N. The molecule has 1 N–H and O–H groups in total. The van der Waals surface area contributed by atoms with Crippen molar-refractivity contribution in [1.29, 1.82) is 0 Å². The minimum absolute atomic E-state index is 0. The molecule has 0 atom stereocenters. The zero-order valence-electron chi connectivity index (χ0n) is 8.23. The van der Waals surface area contributed by atoms with Crippen LogP contribution in [-0.4, -0.2) is 4.98 Å². The van der Waals surface area contributed by atoms with Crippen LogP contribution in [0, 0.1) is 6.92 Å². The van der Waals surface area contributed by atoms with Gasteiger partial charge in [0, 0.05) is 13.3 Å². The van der Waals surface area contributed by atoms with Crippen LogP contribution in [0.1, 0.15) is 46.3 Å². The summed E-state index contributed by atoms with van der Waals surface area (Å²) in [6.45, 7) is 10.5. The van der Waals surface area contributed by atoms with E-state index in [2.05, 4.69) is 38.0 Å². The topological polar surface area (TPSA) is 15.8 Å². The van der Waals surface area contributed by atoms with Gasteiger partial charge in [-0.1, -0.05) is 27.7 Å². The number of hydrogen-bond donors (Lipinski definition) is 1. The number of aryl methyl sites for hydroxylation is 1. The normalized spacial score (nSPS) is 9.27. The van der Waals surface area contributed by atoms with Crippen molar-refractivity contribution < 1.29 is 1.43 Å². The van der Waals surface area contributed by atoms with Crippen LogP contribution in [0.5, 0.6) is 0 Å². The Hall–Kier alpha value is -0.720. The van der Waals surface area contributed by atoms with Crippen molar-refractivity contribution in [3.05, 3.63) is 23.5 Å². The highest BCUT2D eigenvalue weighted by Crippen LogP contribution is 2.13. The molecule has 0 saturated heterocycles. The second kappa shape index (κ2) is 5.00. The van der Waals surface area contributed by atoms with E-state index in [0.717, 1.165) is 0 Å². The Bertz CT molecular complexity index is 191. The molecule has 0 bridgehead atoms. The summed E-state index contributed by atoms with van der Waals surface area (Å²) in [6, 6.07) is 2.19. The molecule has 0 spiro atoms. The van der Waals surface area contributed by atoms with E-state index in [1.165, 1.54) is 11.3 Å². The lowest BCUT2D eigenvalue weighted by atomic mass is 10.1. The lowest BCUT2D eigenvalue weighted by Crippen LogP contribution is -1.80. The third-order valence-corrected chi connectivity index (χ3v) is 1.52. The van der Waals surface area contributed by atoms with Crippen LogP contribution in [0.15, 0.2) is 12.3 Å². The monoisotopic (exact) mass is 155 g/mol. The van der Waals surface area contributed by atoms with Gasteiger partial charge in [-0.3, -0.25) is 0 Å². The van der Waals surface area contributed by atoms with Crippen molar-refractivity contribution in [2.45, 2.75) is 40.5 Å². The van der Waals surface area contributed by atoms with Gasteiger partial charge in [0.15, 0.2) is 0 Å². The molecule has 1 heteroatoms. The minimum Gasteiger partial charge on any atom is -0.365 e. The largest absolute Gasteiger partial charge is 0.365 e.